The number of nitrogens with one attached hydrogen (secondary N) is 1. The number of hydrogen-bond acceptors (Lipinski definition) is 4. The first-order valence-electron chi connectivity index (χ1n) is 9.88. The van der Waals surface area contributed by atoms with Crippen molar-refractivity contribution in [1.82, 2.24) is 10.2 Å². The average Bonchev–Trinajstić information content (AvgIpc) is 2.72. The Hall–Kier alpha value is -1.95. The zero-order valence-corrected chi connectivity index (χ0v) is 17.3. The first-order chi connectivity index (χ1) is 13.2. The van der Waals surface area contributed by atoms with Crippen molar-refractivity contribution in [3.63, 3.8) is 0 Å². The molecule has 1 aliphatic rings. The van der Waals surface area contributed by atoms with Crippen LogP contribution in [0.4, 0.5) is 0 Å². The van der Waals surface area contributed by atoms with Crippen molar-refractivity contribution in [1.29, 1.82) is 0 Å². The van der Waals surface area contributed by atoms with E-state index in [4.69, 9.17) is 14.2 Å². The smallest absolute Gasteiger partial charge is 0.193 e. The maximum absolute atomic E-state index is 5.44. The van der Waals surface area contributed by atoms with Crippen molar-refractivity contribution < 1.29 is 14.2 Å². The minimum atomic E-state index is 0.769. The summed E-state index contributed by atoms with van der Waals surface area (Å²) in [5.41, 5.74) is 1.25. The van der Waals surface area contributed by atoms with Gasteiger partial charge in [0.2, 0.25) is 0 Å². The maximum atomic E-state index is 5.44. The summed E-state index contributed by atoms with van der Waals surface area (Å²) in [6, 6.07) is 6.11. The number of aryl methyl sites for hydroxylation is 1. The fourth-order valence-corrected chi connectivity index (χ4v) is 3.43. The topological polar surface area (TPSA) is 55.3 Å². The van der Waals surface area contributed by atoms with Crippen LogP contribution < -0.4 is 14.8 Å². The van der Waals surface area contributed by atoms with Gasteiger partial charge in [-0.15, -0.1) is 0 Å². The van der Waals surface area contributed by atoms with E-state index in [1.54, 1.807) is 14.2 Å². The molecule has 1 aromatic carbocycles. The number of guanidine groups is 1. The van der Waals surface area contributed by atoms with E-state index in [0.717, 1.165) is 62.5 Å². The Bertz CT molecular complexity index is 586. The number of benzene rings is 1. The number of nitrogens with zero attached hydrogens (tertiary/aromatic N) is 2. The highest BCUT2D eigenvalue weighted by Crippen LogP contribution is 2.27. The highest BCUT2D eigenvalue weighted by Gasteiger charge is 2.15. The van der Waals surface area contributed by atoms with Gasteiger partial charge >= 0.3 is 0 Å². The van der Waals surface area contributed by atoms with Gasteiger partial charge in [0.05, 0.1) is 14.2 Å². The van der Waals surface area contributed by atoms with Crippen LogP contribution in [0.3, 0.4) is 0 Å². The lowest BCUT2D eigenvalue weighted by Gasteiger charge is -2.26. The summed E-state index contributed by atoms with van der Waals surface area (Å²) in [7, 11) is 7.29. The van der Waals surface area contributed by atoms with E-state index in [1.807, 2.05) is 19.2 Å². The van der Waals surface area contributed by atoms with Gasteiger partial charge in [0.15, 0.2) is 17.5 Å². The van der Waals surface area contributed by atoms with Gasteiger partial charge in [-0.05, 0) is 55.7 Å². The van der Waals surface area contributed by atoms with Gasteiger partial charge in [-0.3, -0.25) is 4.99 Å². The minimum Gasteiger partial charge on any atom is -0.493 e. The summed E-state index contributed by atoms with van der Waals surface area (Å²) in [4.78, 5) is 6.64. The van der Waals surface area contributed by atoms with E-state index in [1.165, 1.54) is 24.8 Å². The molecule has 0 radical (unpaired) electrons. The van der Waals surface area contributed by atoms with E-state index < -0.39 is 0 Å². The summed E-state index contributed by atoms with van der Waals surface area (Å²) in [5, 5.41) is 3.47. The highest BCUT2D eigenvalue weighted by atomic mass is 16.5. The fraction of sp³-hybridized carbons (Fsp3) is 0.667. The zero-order chi connectivity index (χ0) is 19.5. The monoisotopic (exact) mass is 377 g/mol. The second kappa shape index (κ2) is 11.7. The minimum absolute atomic E-state index is 0.769. The molecule has 6 nitrogen and oxygen atoms in total. The summed E-state index contributed by atoms with van der Waals surface area (Å²) < 4.78 is 16.1. The standard InChI is InChI=1S/C21H35N3O3/c1-22-21(24(2)13-9-17-10-14-27-15-11-17)23-12-5-6-18-7-8-19(25-3)20(16-18)26-4/h7-8,16-17H,5-6,9-15H2,1-4H3,(H,22,23). The summed E-state index contributed by atoms with van der Waals surface area (Å²) in [6.45, 7) is 3.75. The molecule has 2 rings (SSSR count). The van der Waals surface area contributed by atoms with E-state index >= 15 is 0 Å². The van der Waals surface area contributed by atoms with Crippen LogP contribution in [0.2, 0.25) is 0 Å². The van der Waals surface area contributed by atoms with Gasteiger partial charge in [0.1, 0.15) is 0 Å². The highest BCUT2D eigenvalue weighted by molar-refractivity contribution is 5.79. The van der Waals surface area contributed by atoms with Crippen molar-refractivity contribution in [3.05, 3.63) is 23.8 Å². The molecule has 0 saturated carbocycles. The van der Waals surface area contributed by atoms with Crippen LogP contribution in [-0.4, -0.2) is 65.5 Å². The van der Waals surface area contributed by atoms with Crippen molar-refractivity contribution in [2.75, 3.05) is 54.6 Å². The molecule has 1 heterocycles. The number of aliphatic imine (C=N–C) groups is 1. The van der Waals surface area contributed by atoms with Crippen LogP contribution in [0.5, 0.6) is 11.5 Å². The lowest BCUT2D eigenvalue weighted by molar-refractivity contribution is 0.0625. The maximum Gasteiger partial charge on any atom is 0.193 e. The van der Waals surface area contributed by atoms with Crippen LogP contribution in [0.1, 0.15) is 31.2 Å². The van der Waals surface area contributed by atoms with E-state index in [9.17, 15) is 0 Å². The number of hydrogen-bond donors (Lipinski definition) is 1. The predicted octanol–water partition coefficient (Wildman–Crippen LogP) is 2.96. The van der Waals surface area contributed by atoms with E-state index in [0.29, 0.717) is 0 Å². The Morgan fingerprint density at radius 2 is 1.96 bits per heavy atom. The van der Waals surface area contributed by atoms with Gasteiger partial charge in [-0.2, -0.15) is 0 Å². The van der Waals surface area contributed by atoms with Crippen LogP contribution >= 0.6 is 0 Å². The third kappa shape index (κ3) is 6.94. The predicted molar refractivity (Wildman–Crippen MR) is 110 cm³/mol. The molecular weight excluding hydrogens is 342 g/mol. The Kier molecular flexibility index (Phi) is 9.25. The van der Waals surface area contributed by atoms with E-state index in [-0.39, 0.29) is 0 Å². The second-order valence-corrected chi connectivity index (χ2v) is 7.03. The van der Waals surface area contributed by atoms with Crippen LogP contribution in [0, 0.1) is 5.92 Å². The van der Waals surface area contributed by atoms with E-state index in [2.05, 4.69) is 28.3 Å². The van der Waals surface area contributed by atoms with Crippen LogP contribution in [0.15, 0.2) is 23.2 Å². The van der Waals surface area contributed by atoms with Gasteiger partial charge in [-0.25, -0.2) is 0 Å². The molecule has 1 saturated heterocycles. The van der Waals surface area contributed by atoms with Crippen molar-refractivity contribution in [3.8, 4) is 11.5 Å². The van der Waals surface area contributed by atoms with Crippen molar-refractivity contribution >= 4 is 5.96 Å². The first-order valence-corrected chi connectivity index (χ1v) is 9.88. The average molecular weight is 378 g/mol. The van der Waals surface area contributed by atoms with Gasteiger partial charge in [0.25, 0.3) is 0 Å². The fourth-order valence-electron chi connectivity index (χ4n) is 3.43. The number of ether oxygens (including phenoxy) is 3. The van der Waals surface area contributed by atoms with Crippen LogP contribution in [0.25, 0.3) is 0 Å². The van der Waals surface area contributed by atoms with Crippen LogP contribution in [-0.2, 0) is 11.2 Å². The third-order valence-electron chi connectivity index (χ3n) is 5.16. The molecule has 1 aromatic rings. The number of rotatable bonds is 9. The molecule has 1 N–H and O–H groups in total. The second-order valence-electron chi connectivity index (χ2n) is 7.03. The molecule has 1 fully saturated rings. The SMILES string of the molecule is CN=C(NCCCc1ccc(OC)c(OC)c1)N(C)CCC1CCOCC1. The molecule has 0 atom stereocenters. The molecular formula is C21H35N3O3. The first kappa shape index (κ1) is 21.4. The molecule has 152 valence electrons. The zero-order valence-electron chi connectivity index (χ0n) is 17.3. The Morgan fingerprint density at radius 1 is 1.22 bits per heavy atom. The Morgan fingerprint density at radius 3 is 2.63 bits per heavy atom. The molecule has 0 spiro atoms. The summed E-state index contributed by atoms with van der Waals surface area (Å²) in [6.07, 6.45) is 5.58. The molecule has 0 aliphatic carbocycles. The molecule has 0 unspecified atom stereocenters. The summed E-state index contributed by atoms with van der Waals surface area (Å²) >= 11 is 0. The molecule has 0 aromatic heterocycles. The third-order valence-corrected chi connectivity index (χ3v) is 5.16. The quantitative estimate of drug-likeness (QED) is 0.407. The molecule has 0 amide bonds. The molecule has 27 heavy (non-hydrogen) atoms. The van der Waals surface area contributed by atoms with Gasteiger partial charge in [-0.1, -0.05) is 6.07 Å². The Labute approximate surface area is 163 Å². The normalized spacial score (nSPS) is 15.5. The van der Waals surface area contributed by atoms with Crippen molar-refractivity contribution in [2.45, 2.75) is 32.1 Å². The molecule has 0 bridgehead atoms. The van der Waals surface area contributed by atoms with Gasteiger partial charge in [0, 0.05) is 40.4 Å². The summed E-state index contributed by atoms with van der Waals surface area (Å²) in [5.74, 6) is 3.30. The van der Waals surface area contributed by atoms with Crippen molar-refractivity contribution in [2.24, 2.45) is 10.9 Å². The van der Waals surface area contributed by atoms with Gasteiger partial charge < -0.3 is 24.4 Å². The molecule has 6 heteroatoms. The lowest BCUT2D eigenvalue weighted by atomic mass is 9.96. The Balaban J connectivity index is 1.70. The largest absolute Gasteiger partial charge is 0.493 e. The molecule has 1 aliphatic heterocycles. The lowest BCUT2D eigenvalue weighted by Crippen LogP contribution is -2.40. The number of methoxy groups -OCH3 is 2.